The van der Waals surface area contributed by atoms with Gasteiger partial charge in [-0.2, -0.15) is 0 Å². The van der Waals surface area contributed by atoms with Crippen molar-refractivity contribution in [2.45, 2.75) is 51.9 Å². The van der Waals surface area contributed by atoms with E-state index in [1.54, 1.807) is 0 Å². The molecule has 70 valence electrons. The minimum atomic E-state index is 0.955. The second-order valence-electron chi connectivity index (χ2n) is 3.81. The lowest BCUT2D eigenvalue weighted by Gasteiger charge is -2.07. The van der Waals surface area contributed by atoms with Gasteiger partial charge in [-0.15, -0.1) is 0 Å². The van der Waals surface area contributed by atoms with Crippen LogP contribution in [0.25, 0.3) is 0 Å². The van der Waals surface area contributed by atoms with Gasteiger partial charge in [-0.3, -0.25) is 0 Å². The zero-order valence-corrected chi connectivity index (χ0v) is 9.57. The molecule has 0 amide bonds. The zero-order chi connectivity index (χ0) is 8.81. The van der Waals surface area contributed by atoms with E-state index >= 15 is 0 Å². The smallest absolute Gasteiger partial charge is 0.00862 e. The van der Waals surface area contributed by atoms with Gasteiger partial charge in [-0.1, -0.05) is 54.6 Å². The van der Waals surface area contributed by atoms with Crippen LogP contribution < -0.4 is 0 Å². The molecule has 0 bridgehead atoms. The summed E-state index contributed by atoms with van der Waals surface area (Å²) >= 11 is 3.56. The summed E-state index contributed by atoms with van der Waals surface area (Å²) in [5, 5.41) is 0. The lowest BCUT2D eigenvalue weighted by atomic mass is 10.00. The van der Waals surface area contributed by atoms with Crippen LogP contribution in [0.3, 0.4) is 0 Å². The predicted molar refractivity (Wildman–Crippen MR) is 58.5 cm³/mol. The Morgan fingerprint density at radius 2 is 2.25 bits per heavy atom. The first-order valence-corrected chi connectivity index (χ1v) is 5.96. The van der Waals surface area contributed by atoms with Crippen molar-refractivity contribution in [2.24, 2.45) is 5.92 Å². The molecular weight excluding hydrogens is 213 g/mol. The van der Waals surface area contributed by atoms with Gasteiger partial charge in [0.2, 0.25) is 0 Å². The number of hydrogen-bond acceptors (Lipinski definition) is 0. The fourth-order valence-electron chi connectivity index (χ4n) is 1.82. The first-order valence-electron chi connectivity index (χ1n) is 5.17. The van der Waals surface area contributed by atoms with Gasteiger partial charge in [0.15, 0.2) is 0 Å². The van der Waals surface area contributed by atoms with Crippen LogP contribution >= 0.6 is 15.9 Å². The van der Waals surface area contributed by atoms with Crippen molar-refractivity contribution in [1.29, 1.82) is 0 Å². The molecule has 0 spiro atoms. The van der Waals surface area contributed by atoms with Crippen LogP contribution in [0.1, 0.15) is 51.9 Å². The average Bonchev–Trinajstić information content (AvgIpc) is 2.45. The number of hydrogen-bond donors (Lipinski definition) is 0. The van der Waals surface area contributed by atoms with E-state index in [1.807, 2.05) is 0 Å². The van der Waals surface area contributed by atoms with Gasteiger partial charge in [0.1, 0.15) is 0 Å². The summed E-state index contributed by atoms with van der Waals surface area (Å²) < 4.78 is 1.43. The second-order valence-corrected chi connectivity index (χ2v) is 4.82. The predicted octanol–water partition coefficient (Wildman–Crippen LogP) is 4.65. The molecule has 12 heavy (non-hydrogen) atoms. The molecule has 0 N–H and O–H groups in total. The Morgan fingerprint density at radius 3 is 2.83 bits per heavy atom. The molecule has 0 aliphatic heterocycles. The molecule has 0 aromatic heterocycles. The minimum absolute atomic E-state index is 0.955. The van der Waals surface area contributed by atoms with Crippen molar-refractivity contribution in [3.63, 3.8) is 0 Å². The lowest BCUT2D eigenvalue weighted by molar-refractivity contribution is 0.479. The highest BCUT2D eigenvalue weighted by Gasteiger charge is 2.14. The number of rotatable bonds is 5. The van der Waals surface area contributed by atoms with Gasteiger partial charge >= 0.3 is 0 Å². The molecule has 1 rings (SSSR count). The average molecular weight is 232 g/mol. The molecule has 0 heterocycles. The molecule has 0 aromatic carbocycles. The summed E-state index contributed by atoms with van der Waals surface area (Å²) in [6.07, 6.45) is 12.0. The van der Waals surface area contributed by atoms with Crippen LogP contribution in [0.15, 0.2) is 10.6 Å². The van der Waals surface area contributed by atoms with Crippen molar-refractivity contribution in [1.82, 2.24) is 0 Å². The molecule has 0 radical (unpaired) electrons. The molecule has 0 aromatic rings. The maximum absolute atomic E-state index is 3.56. The Balaban J connectivity index is 1.95. The van der Waals surface area contributed by atoms with E-state index in [2.05, 4.69) is 28.9 Å². The van der Waals surface area contributed by atoms with Crippen molar-refractivity contribution in [3.05, 3.63) is 10.6 Å². The Labute approximate surface area is 84.6 Å². The monoisotopic (exact) mass is 231 g/mol. The standard InChI is InChI=1S/C11H19Br/c1-2-3-4-5-6-10-7-8-11(12)9-10/h8,10H,2-7,9H2,1H3/i11+1. The third kappa shape index (κ3) is 3.75. The molecule has 0 saturated carbocycles. The normalized spacial score (nSPS) is 22.8. The number of halogens is 1. The van der Waals surface area contributed by atoms with Crippen molar-refractivity contribution >= 4 is 15.9 Å². The Kier molecular flexibility index (Phi) is 4.98. The molecule has 0 nitrogen and oxygen atoms in total. The van der Waals surface area contributed by atoms with Crippen LogP contribution in [-0.2, 0) is 0 Å². The van der Waals surface area contributed by atoms with Gasteiger partial charge in [-0.25, -0.2) is 0 Å². The molecule has 1 heteroatoms. The zero-order valence-electron chi connectivity index (χ0n) is 7.98. The molecule has 0 saturated heterocycles. The van der Waals surface area contributed by atoms with E-state index in [0.29, 0.717) is 0 Å². The summed E-state index contributed by atoms with van der Waals surface area (Å²) in [5.41, 5.74) is 0. The lowest BCUT2D eigenvalue weighted by Crippen LogP contribution is -1.93. The highest BCUT2D eigenvalue weighted by molar-refractivity contribution is 9.11. The van der Waals surface area contributed by atoms with E-state index in [0.717, 1.165) is 5.92 Å². The summed E-state index contributed by atoms with van der Waals surface area (Å²) in [6.45, 7) is 2.27. The third-order valence-corrected chi connectivity index (χ3v) is 3.27. The van der Waals surface area contributed by atoms with E-state index in [-0.39, 0.29) is 0 Å². The molecule has 0 fully saturated rings. The summed E-state index contributed by atoms with van der Waals surface area (Å²) in [6, 6.07) is 0. The minimum Gasteiger partial charge on any atom is -0.0741 e. The fraction of sp³-hybridized carbons (Fsp3) is 0.818. The third-order valence-electron chi connectivity index (χ3n) is 2.62. The van der Waals surface area contributed by atoms with E-state index in [1.165, 1.54) is 49.4 Å². The summed E-state index contributed by atoms with van der Waals surface area (Å²) in [5.74, 6) is 0.955. The van der Waals surface area contributed by atoms with Gasteiger partial charge < -0.3 is 0 Å². The van der Waals surface area contributed by atoms with Gasteiger partial charge in [0.05, 0.1) is 0 Å². The maximum Gasteiger partial charge on any atom is -0.00862 e. The Bertz CT molecular complexity index is 149. The topological polar surface area (TPSA) is 0 Å². The molecule has 1 atom stereocenters. The van der Waals surface area contributed by atoms with Crippen molar-refractivity contribution in [3.8, 4) is 0 Å². The Morgan fingerprint density at radius 1 is 1.42 bits per heavy atom. The van der Waals surface area contributed by atoms with E-state index in [4.69, 9.17) is 0 Å². The van der Waals surface area contributed by atoms with Gasteiger partial charge in [0, 0.05) is 0 Å². The number of allylic oxidation sites excluding steroid dienone is 2. The summed E-state index contributed by atoms with van der Waals surface area (Å²) in [7, 11) is 0. The summed E-state index contributed by atoms with van der Waals surface area (Å²) in [4.78, 5) is 0. The van der Waals surface area contributed by atoms with Gasteiger partial charge in [0.25, 0.3) is 0 Å². The van der Waals surface area contributed by atoms with E-state index < -0.39 is 0 Å². The maximum atomic E-state index is 3.56. The van der Waals surface area contributed by atoms with Crippen LogP contribution in [0.4, 0.5) is 0 Å². The fourth-order valence-corrected chi connectivity index (χ4v) is 2.46. The first kappa shape index (κ1) is 10.3. The highest BCUT2D eigenvalue weighted by atomic mass is 79.9. The van der Waals surface area contributed by atoms with Crippen molar-refractivity contribution < 1.29 is 0 Å². The SMILES string of the molecule is CCCCCCC1CC=[13C](Br)C1. The molecule has 1 aliphatic carbocycles. The number of unbranched alkanes of at least 4 members (excludes halogenated alkanes) is 3. The second kappa shape index (κ2) is 5.80. The molecule has 1 unspecified atom stereocenters. The van der Waals surface area contributed by atoms with Crippen molar-refractivity contribution in [2.75, 3.05) is 0 Å². The van der Waals surface area contributed by atoms with Gasteiger partial charge in [-0.05, 0) is 29.7 Å². The first-order chi connectivity index (χ1) is 5.83. The van der Waals surface area contributed by atoms with E-state index in [9.17, 15) is 0 Å². The molecule has 1 aliphatic rings. The van der Waals surface area contributed by atoms with Crippen LogP contribution in [0.2, 0.25) is 0 Å². The quantitative estimate of drug-likeness (QED) is 0.478. The highest BCUT2D eigenvalue weighted by Crippen LogP contribution is 2.32. The van der Waals surface area contributed by atoms with Crippen LogP contribution in [0, 0.1) is 5.92 Å². The van der Waals surface area contributed by atoms with Crippen LogP contribution in [-0.4, -0.2) is 0 Å². The Hall–Kier alpha value is 0.220. The van der Waals surface area contributed by atoms with Crippen LogP contribution in [0.5, 0.6) is 0 Å². The molecular formula is C11H19Br. The largest absolute Gasteiger partial charge is 0.0741 e.